The van der Waals surface area contributed by atoms with Crippen molar-refractivity contribution in [3.8, 4) is 5.75 Å². The Bertz CT molecular complexity index is 444. The fourth-order valence-corrected chi connectivity index (χ4v) is 1.46. The van der Waals surface area contributed by atoms with Crippen LogP contribution in [0.4, 0.5) is 5.69 Å². The van der Waals surface area contributed by atoms with E-state index in [1.807, 2.05) is 0 Å². The van der Waals surface area contributed by atoms with Gasteiger partial charge in [-0.1, -0.05) is 19.8 Å². The van der Waals surface area contributed by atoms with Crippen molar-refractivity contribution >= 4 is 11.7 Å². The molecule has 6 nitrogen and oxygen atoms in total. The van der Waals surface area contributed by atoms with Crippen LogP contribution in [0.3, 0.4) is 0 Å². The van der Waals surface area contributed by atoms with Crippen molar-refractivity contribution in [3.63, 3.8) is 0 Å². The first-order chi connectivity index (χ1) is 8.56. The lowest BCUT2D eigenvalue weighted by molar-refractivity contribution is -0.384. The van der Waals surface area contributed by atoms with Gasteiger partial charge in [-0.3, -0.25) is 10.1 Å². The third-order valence-corrected chi connectivity index (χ3v) is 2.41. The summed E-state index contributed by atoms with van der Waals surface area (Å²) in [4.78, 5) is 20.9. The monoisotopic (exact) mass is 253 g/mol. The fraction of sp³-hybridized carbons (Fsp3) is 0.417. The number of carboxylic acids is 1. The first kappa shape index (κ1) is 14.0. The topological polar surface area (TPSA) is 89.7 Å². The number of rotatable bonds is 7. The molecule has 1 aromatic carbocycles. The third-order valence-electron chi connectivity index (χ3n) is 2.41. The maximum absolute atomic E-state index is 11.0. The Kier molecular flexibility index (Phi) is 5.10. The van der Waals surface area contributed by atoms with E-state index in [1.54, 1.807) is 0 Å². The van der Waals surface area contributed by atoms with Gasteiger partial charge in [0.05, 0.1) is 11.5 Å². The third kappa shape index (κ3) is 3.73. The Morgan fingerprint density at radius 3 is 2.72 bits per heavy atom. The molecule has 0 bridgehead atoms. The number of hydrogen-bond acceptors (Lipinski definition) is 4. The average Bonchev–Trinajstić information content (AvgIpc) is 2.34. The number of nitro benzene ring substituents is 1. The molecule has 0 radical (unpaired) electrons. The van der Waals surface area contributed by atoms with E-state index in [-0.39, 0.29) is 17.0 Å². The van der Waals surface area contributed by atoms with Crippen LogP contribution in [0, 0.1) is 10.1 Å². The van der Waals surface area contributed by atoms with Gasteiger partial charge in [0, 0.05) is 12.1 Å². The minimum absolute atomic E-state index is 0.171. The number of aromatic carboxylic acids is 1. The van der Waals surface area contributed by atoms with Gasteiger partial charge in [0.1, 0.15) is 11.3 Å². The van der Waals surface area contributed by atoms with E-state index in [9.17, 15) is 14.9 Å². The molecule has 0 aliphatic heterocycles. The minimum atomic E-state index is -1.23. The van der Waals surface area contributed by atoms with Crippen molar-refractivity contribution in [1.82, 2.24) is 0 Å². The Morgan fingerprint density at radius 2 is 2.17 bits per heavy atom. The summed E-state index contributed by atoms with van der Waals surface area (Å²) >= 11 is 0. The van der Waals surface area contributed by atoms with Crippen LogP contribution in [-0.4, -0.2) is 22.6 Å². The predicted octanol–water partition coefficient (Wildman–Crippen LogP) is 2.86. The maximum atomic E-state index is 11.0. The molecule has 0 atom stereocenters. The molecule has 0 saturated carbocycles. The SMILES string of the molecule is CCCCCOc1ccc([N+](=O)[O-])cc1C(=O)O. The summed E-state index contributed by atoms with van der Waals surface area (Å²) in [6, 6.07) is 3.58. The second-order valence-electron chi connectivity index (χ2n) is 3.80. The van der Waals surface area contributed by atoms with Crippen LogP contribution in [0.5, 0.6) is 5.75 Å². The maximum Gasteiger partial charge on any atom is 0.339 e. The average molecular weight is 253 g/mol. The number of unbranched alkanes of at least 4 members (excludes halogenated alkanes) is 2. The predicted molar refractivity (Wildman–Crippen MR) is 65.1 cm³/mol. The molecule has 1 aromatic rings. The molecule has 98 valence electrons. The van der Waals surface area contributed by atoms with Gasteiger partial charge in [0.2, 0.25) is 0 Å². The molecule has 1 N–H and O–H groups in total. The number of non-ortho nitro benzene ring substituents is 1. The zero-order valence-electron chi connectivity index (χ0n) is 10.1. The van der Waals surface area contributed by atoms with Crippen LogP contribution in [0.25, 0.3) is 0 Å². The second kappa shape index (κ2) is 6.58. The molecule has 18 heavy (non-hydrogen) atoms. The van der Waals surface area contributed by atoms with E-state index in [4.69, 9.17) is 9.84 Å². The Labute approximate surface area is 104 Å². The number of hydrogen-bond donors (Lipinski definition) is 1. The van der Waals surface area contributed by atoms with Crippen molar-refractivity contribution in [2.24, 2.45) is 0 Å². The van der Waals surface area contributed by atoms with E-state index in [0.29, 0.717) is 6.61 Å². The van der Waals surface area contributed by atoms with Crippen LogP contribution in [0.2, 0.25) is 0 Å². The molecule has 0 unspecified atom stereocenters. The lowest BCUT2D eigenvalue weighted by Gasteiger charge is -2.08. The van der Waals surface area contributed by atoms with Gasteiger partial charge >= 0.3 is 5.97 Å². The number of nitro groups is 1. The van der Waals surface area contributed by atoms with Gasteiger partial charge in [-0.05, 0) is 12.5 Å². The van der Waals surface area contributed by atoms with E-state index in [2.05, 4.69) is 6.92 Å². The first-order valence-electron chi connectivity index (χ1n) is 5.70. The Morgan fingerprint density at radius 1 is 1.44 bits per heavy atom. The van der Waals surface area contributed by atoms with Gasteiger partial charge in [0.15, 0.2) is 0 Å². The van der Waals surface area contributed by atoms with Crippen molar-refractivity contribution in [2.75, 3.05) is 6.61 Å². The molecule has 0 heterocycles. The van der Waals surface area contributed by atoms with Gasteiger partial charge in [-0.2, -0.15) is 0 Å². The molecule has 0 saturated heterocycles. The summed E-state index contributed by atoms with van der Waals surface area (Å²) in [5, 5.41) is 19.5. The van der Waals surface area contributed by atoms with Gasteiger partial charge in [0.25, 0.3) is 5.69 Å². The zero-order valence-corrected chi connectivity index (χ0v) is 10.1. The smallest absolute Gasteiger partial charge is 0.339 e. The number of carboxylic acid groups (broad SMARTS) is 1. The Balaban J connectivity index is 2.83. The van der Waals surface area contributed by atoms with Crippen LogP contribution >= 0.6 is 0 Å². The molecular formula is C12H15NO5. The van der Waals surface area contributed by atoms with Crippen molar-refractivity contribution in [3.05, 3.63) is 33.9 Å². The fourth-order valence-electron chi connectivity index (χ4n) is 1.46. The number of benzene rings is 1. The molecule has 0 aromatic heterocycles. The molecule has 0 amide bonds. The quantitative estimate of drug-likeness (QED) is 0.458. The van der Waals surface area contributed by atoms with Crippen LogP contribution in [0.1, 0.15) is 36.5 Å². The summed E-state index contributed by atoms with van der Waals surface area (Å²) in [6.07, 6.45) is 2.86. The molecule has 0 spiro atoms. The first-order valence-corrected chi connectivity index (χ1v) is 5.70. The van der Waals surface area contributed by atoms with Crippen molar-refractivity contribution in [1.29, 1.82) is 0 Å². The Hall–Kier alpha value is -2.11. The highest BCUT2D eigenvalue weighted by Crippen LogP contribution is 2.24. The molecule has 1 rings (SSSR count). The highest BCUT2D eigenvalue weighted by atomic mass is 16.6. The standard InChI is InChI=1S/C12H15NO5/c1-2-3-4-7-18-11-6-5-9(13(16)17)8-10(11)12(14)15/h5-6,8H,2-4,7H2,1H3,(H,14,15). The molecule has 0 fully saturated rings. The normalized spacial score (nSPS) is 10.1. The van der Waals surface area contributed by atoms with E-state index >= 15 is 0 Å². The van der Waals surface area contributed by atoms with E-state index in [1.165, 1.54) is 12.1 Å². The summed E-state index contributed by atoms with van der Waals surface area (Å²) in [6.45, 7) is 2.46. The molecule has 0 aliphatic rings. The minimum Gasteiger partial charge on any atom is -0.493 e. The number of ether oxygens (including phenoxy) is 1. The molecule has 0 aliphatic carbocycles. The van der Waals surface area contributed by atoms with Crippen molar-refractivity contribution in [2.45, 2.75) is 26.2 Å². The highest BCUT2D eigenvalue weighted by molar-refractivity contribution is 5.91. The van der Waals surface area contributed by atoms with Crippen molar-refractivity contribution < 1.29 is 19.6 Å². The van der Waals surface area contributed by atoms with Gasteiger partial charge < -0.3 is 9.84 Å². The lowest BCUT2D eigenvalue weighted by atomic mass is 10.2. The van der Waals surface area contributed by atoms with Gasteiger partial charge in [-0.25, -0.2) is 4.79 Å². The van der Waals surface area contributed by atoms with E-state index in [0.717, 1.165) is 25.3 Å². The number of nitrogens with zero attached hydrogens (tertiary/aromatic N) is 1. The van der Waals surface area contributed by atoms with Gasteiger partial charge in [-0.15, -0.1) is 0 Å². The lowest BCUT2D eigenvalue weighted by Crippen LogP contribution is -2.05. The van der Waals surface area contributed by atoms with E-state index < -0.39 is 10.9 Å². The summed E-state index contributed by atoms with van der Waals surface area (Å²) in [5.74, 6) is -1.06. The highest BCUT2D eigenvalue weighted by Gasteiger charge is 2.16. The number of carbonyl (C=O) groups is 1. The largest absolute Gasteiger partial charge is 0.493 e. The summed E-state index contributed by atoms with van der Waals surface area (Å²) < 4.78 is 5.33. The molecule has 6 heteroatoms. The summed E-state index contributed by atoms with van der Waals surface area (Å²) in [7, 11) is 0. The van der Waals surface area contributed by atoms with Crippen LogP contribution in [0.15, 0.2) is 18.2 Å². The summed E-state index contributed by atoms with van der Waals surface area (Å²) in [5.41, 5.74) is -0.436. The molecular weight excluding hydrogens is 238 g/mol. The van der Waals surface area contributed by atoms with Crippen LogP contribution < -0.4 is 4.74 Å². The van der Waals surface area contributed by atoms with Crippen LogP contribution in [-0.2, 0) is 0 Å². The second-order valence-corrected chi connectivity index (χ2v) is 3.80. The zero-order chi connectivity index (χ0) is 13.5.